The van der Waals surface area contributed by atoms with Gasteiger partial charge < -0.3 is 10.6 Å². The Morgan fingerprint density at radius 1 is 0.396 bits per heavy atom. The molecule has 4 aromatic rings. The Morgan fingerprint density at radius 2 is 0.667 bits per heavy atom. The molecule has 0 saturated carbocycles. The van der Waals surface area contributed by atoms with Gasteiger partial charge in [0.05, 0.1) is 0 Å². The lowest BCUT2D eigenvalue weighted by atomic mass is 9.64. The third-order valence-electron chi connectivity index (χ3n) is 11.1. The van der Waals surface area contributed by atoms with E-state index in [0.717, 1.165) is 49.9 Å². The number of hydrogen-bond acceptors (Lipinski definition) is 2. The molecule has 0 unspecified atom stereocenters. The van der Waals surface area contributed by atoms with Gasteiger partial charge in [0.2, 0.25) is 11.8 Å². The Bertz CT molecular complexity index is 1680. The number of unbranched alkanes of at least 4 members (excludes halogenated alkanes) is 7. The van der Waals surface area contributed by atoms with Crippen LogP contribution < -0.4 is 10.6 Å². The predicted molar refractivity (Wildman–Crippen MR) is 192 cm³/mol. The summed E-state index contributed by atoms with van der Waals surface area (Å²) in [6.45, 7) is 1.46. The van der Waals surface area contributed by atoms with E-state index in [-0.39, 0.29) is 35.5 Å². The van der Waals surface area contributed by atoms with E-state index in [9.17, 15) is 9.59 Å². The van der Waals surface area contributed by atoms with Gasteiger partial charge in [0.15, 0.2) is 0 Å². The Balaban J connectivity index is 0.718. The SMILES string of the molecule is O=C(NCCCCCCCCCCNC(=O)C1=CC2c3ccccc3C1c1ccccc12)C1=CC2c3ccccc3C1c1ccccc12. The number of hydrogen-bond donors (Lipinski definition) is 2. The van der Waals surface area contributed by atoms with Gasteiger partial charge in [-0.15, -0.1) is 0 Å². The second kappa shape index (κ2) is 13.4. The average molecular weight is 633 g/mol. The maximum Gasteiger partial charge on any atom is 0.247 e. The first-order valence-electron chi connectivity index (χ1n) is 18.1. The summed E-state index contributed by atoms with van der Waals surface area (Å²) in [6.07, 6.45) is 13.5. The molecule has 48 heavy (non-hydrogen) atoms. The van der Waals surface area contributed by atoms with Crippen LogP contribution in [0.5, 0.6) is 0 Å². The topological polar surface area (TPSA) is 58.2 Å². The van der Waals surface area contributed by atoms with E-state index in [1.165, 1.54) is 70.2 Å². The molecular formula is C44H44N2O2. The molecule has 4 heteroatoms. The highest BCUT2D eigenvalue weighted by Crippen LogP contribution is 2.53. The van der Waals surface area contributed by atoms with Crippen LogP contribution in [0.1, 0.15) is 120 Å². The van der Waals surface area contributed by atoms with E-state index in [1.54, 1.807) is 0 Å². The normalized spacial score (nSPS) is 20.5. The molecular weight excluding hydrogens is 588 g/mol. The van der Waals surface area contributed by atoms with Gasteiger partial charge in [-0.2, -0.15) is 0 Å². The summed E-state index contributed by atoms with van der Waals surface area (Å²) < 4.78 is 0. The average Bonchev–Trinajstić information content (AvgIpc) is 3.15. The molecule has 242 valence electrons. The Labute approximate surface area is 284 Å². The summed E-state index contributed by atoms with van der Waals surface area (Å²) in [7, 11) is 0. The molecule has 6 aliphatic rings. The van der Waals surface area contributed by atoms with E-state index >= 15 is 0 Å². The van der Waals surface area contributed by atoms with E-state index < -0.39 is 0 Å². The van der Waals surface area contributed by atoms with E-state index in [1.807, 2.05) is 0 Å². The highest BCUT2D eigenvalue weighted by atomic mass is 16.2. The fourth-order valence-corrected chi connectivity index (χ4v) is 8.81. The van der Waals surface area contributed by atoms with Gasteiger partial charge in [-0.25, -0.2) is 0 Å². The van der Waals surface area contributed by atoms with E-state index in [2.05, 4.69) is 120 Å². The minimum Gasteiger partial charge on any atom is -0.352 e. The summed E-state index contributed by atoms with van der Waals surface area (Å²) in [5.74, 6) is 0.571. The van der Waals surface area contributed by atoms with Crippen LogP contribution in [-0.4, -0.2) is 24.9 Å². The van der Waals surface area contributed by atoms with Crippen LogP contribution in [0.4, 0.5) is 0 Å². The lowest BCUT2D eigenvalue weighted by Crippen LogP contribution is -2.34. The number of rotatable bonds is 13. The van der Waals surface area contributed by atoms with Crippen LogP contribution in [0.3, 0.4) is 0 Å². The van der Waals surface area contributed by atoms with Crippen LogP contribution in [-0.2, 0) is 9.59 Å². The highest BCUT2D eigenvalue weighted by Gasteiger charge is 2.41. The van der Waals surface area contributed by atoms with Crippen molar-refractivity contribution < 1.29 is 9.59 Å². The molecule has 0 heterocycles. The number of carbonyl (C=O) groups is 2. The molecule has 10 rings (SSSR count). The van der Waals surface area contributed by atoms with Gasteiger partial charge in [0, 0.05) is 47.9 Å². The third-order valence-corrected chi connectivity index (χ3v) is 11.1. The molecule has 0 aromatic heterocycles. The van der Waals surface area contributed by atoms with Crippen LogP contribution in [0.15, 0.2) is 120 Å². The number of carbonyl (C=O) groups excluding carboxylic acids is 2. The molecule has 0 aliphatic heterocycles. The predicted octanol–water partition coefficient (Wildman–Crippen LogP) is 8.77. The Morgan fingerprint density at radius 3 is 0.979 bits per heavy atom. The molecule has 0 saturated heterocycles. The summed E-state index contributed by atoms with van der Waals surface area (Å²) in [5.41, 5.74) is 12.3. The van der Waals surface area contributed by atoms with Gasteiger partial charge in [0.25, 0.3) is 0 Å². The summed E-state index contributed by atoms with van der Waals surface area (Å²) in [5, 5.41) is 6.46. The van der Waals surface area contributed by atoms with Crippen molar-refractivity contribution in [3.63, 3.8) is 0 Å². The molecule has 0 fully saturated rings. The molecule has 0 atom stereocenters. The van der Waals surface area contributed by atoms with Crippen LogP contribution in [0.25, 0.3) is 0 Å². The van der Waals surface area contributed by atoms with Crippen LogP contribution in [0.2, 0.25) is 0 Å². The summed E-state index contributed by atoms with van der Waals surface area (Å²) in [4.78, 5) is 26.6. The van der Waals surface area contributed by atoms with Gasteiger partial charge in [0.1, 0.15) is 0 Å². The Hall–Kier alpha value is -4.70. The maximum absolute atomic E-state index is 13.3. The number of amides is 2. The largest absolute Gasteiger partial charge is 0.352 e. The first kappa shape index (κ1) is 30.6. The third kappa shape index (κ3) is 5.51. The fourth-order valence-electron chi connectivity index (χ4n) is 8.81. The zero-order valence-corrected chi connectivity index (χ0v) is 27.6. The first-order valence-corrected chi connectivity index (χ1v) is 18.1. The van der Waals surface area contributed by atoms with Crippen molar-refractivity contribution in [1.29, 1.82) is 0 Å². The number of nitrogens with one attached hydrogen (secondary N) is 2. The molecule has 2 amide bonds. The monoisotopic (exact) mass is 632 g/mol. The van der Waals surface area contributed by atoms with E-state index in [0.29, 0.717) is 0 Å². The second-order valence-electron chi connectivity index (χ2n) is 13.9. The van der Waals surface area contributed by atoms with Crippen molar-refractivity contribution >= 4 is 11.8 Å². The van der Waals surface area contributed by atoms with Crippen LogP contribution in [0, 0.1) is 0 Å². The lowest BCUT2D eigenvalue weighted by Gasteiger charge is -2.39. The molecule has 4 aromatic carbocycles. The van der Waals surface area contributed by atoms with Crippen molar-refractivity contribution in [1.82, 2.24) is 10.6 Å². The quantitative estimate of drug-likeness (QED) is 0.145. The Kier molecular flexibility index (Phi) is 8.57. The molecule has 4 bridgehead atoms. The van der Waals surface area contributed by atoms with Crippen molar-refractivity contribution in [2.75, 3.05) is 13.1 Å². The fraction of sp³-hybridized carbons (Fsp3) is 0.318. The molecule has 6 aliphatic carbocycles. The lowest BCUT2D eigenvalue weighted by molar-refractivity contribution is -0.118. The first-order chi connectivity index (χ1) is 23.7. The molecule has 4 nitrogen and oxygen atoms in total. The van der Waals surface area contributed by atoms with Crippen LogP contribution >= 0.6 is 0 Å². The summed E-state index contributed by atoms with van der Waals surface area (Å²) in [6, 6.07) is 34.4. The molecule has 0 spiro atoms. The molecule has 2 N–H and O–H groups in total. The van der Waals surface area contributed by atoms with Gasteiger partial charge in [-0.1, -0.05) is 148 Å². The molecule has 0 radical (unpaired) electrons. The highest BCUT2D eigenvalue weighted by molar-refractivity contribution is 5.98. The minimum absolute atomic E-state index is 0.0326. The second-order valence-corrected chi connectivity index (χ2v) is 13.9. The van der Waals surface area contributed by atoms with Crippen molar-refractivity contribution in [3.05, 3.63) is 165 Å². The van der Waals surface area contributed by atoms with Crippen molar-refractivity contribution in [2.24, 2.45) is 0 Å². The van der Waals surface area contributed by atoms with E-state index in [4.69, 9.17) is 0 Å². The van der Waals surface area contributed by atoms with Gasteiger partial charge in [-0.3, -0.25) is 9.59 Å². The zero-order valence-electron chi connectivity index (χ0n) is 27.6. The maximum atomic E-state index is 13.3. The smallest absolute Gasteiger partial charge is 0.247 e. The minimum atomic E-state index is 0.0326. The number of allylic oxidation sites excluding steroid dienone is 2. The number of benzene rings is 4. The van der Waals surface area contributed by atoms with Gasteiger partial charge >= 0.3 is 0 Å². The van der Waals surface area contributed by atoms with Crippen molar-refractivity contribution in [3.8, 4) is 0 Å². The van der Waals surface area contributed by atoms with Crippen molar-refractivity contribution in [2.45, 2.75) is 75.0 Å². The summed E-state index contributed by atoms with van der Waals surface area (Å²) >= 11 is 0. The zero-order chi connectivity index (χ0) is 32.5. The standard InChI is InChI=1S/C44H44N2O2/c47-43(39-27-37-29-17-7-11-21-33(29)41(39)34-22-12-8-18-30(34)37)45-25-15-5-3-1-2-4-6-16-26-46-44(48)40-28-38-31-19-9-13-23-35(31)42(40)36-24-14-10-20-32(36)38/h7-14,17-24,27-28,37-38,41-42H,1-6,15-16,25-26H2,(H,45,47)(H,46,48). The van der Waals surface area contributed by atoms with Gasteiger partial charge in [-0.05, 0) is 57.3 Å².